The second kappa shape index (κ2) is 9.12. The molecule has 0 fully saturated rings. The lowest BCUT2D eigenvalue weighted by Crippen LogP contribution is -1.90. The van der Waals surface area contributed by atoms with Gasteiger partial charge in [0.2, 0.25) is 0 Å². The van der Waals surface area contributed by atoms with Gasteiger partial charge in [-0.2, -0.15) is 5.10 Å². The Morgan fingerprint density at radius 3 is 2.45 bits per heavy atom. The highest BCUT2D eigenvalue weighted by Crippen LogP contribution is 2.30. The predicted molar refractivity (Wildman–Crippen MR) is 122 cm³/mol. The highest BCUT2D eigenvalue weighted by molar-refractivity contribution is 6.36. The molecule has 4 rings (SSSR count). The van der Waals surface area contributed by atoms with Crippen LogP contribution < -0.4 is 0 Å². The maximum absolute atomic E-state index is 13.1. The van der Waals surface area contributed by atoms with Crippen molar-refractivity contribution in [1.29, 1.82) is 0 Å². The minimum Gasteiger partial charge on any atom is -0.506 e. The van der Waals surface area contributed by atoms with Gasteiger partial charge in [-0.25, -0.2) is 19.0 Å². The smallest absolute Gasteiger partial charge is 0.251 e. The summed E-state index contributed by atoms with van der Waals surface area (Å²) in [5.41, 5.74) is 2.61. The summed E-state index contributed by atoms with van der Waals surface area (Å²) in [7, 11) is 0. The fraction of sp³-hybridized carbons (Fsp3) is 0. The molecule has 0 atom stereocenters. The topological polar surface area (TPSA) is 62.8 Å². The number of hydrogen-bond acceptors (Lipinski definition) is 4. The Morgan fingerprint density at radius 1 is 0.968 bits per heavy atom. The summed E-state index contributed by atoms with van der Waals surface area (Å²) in [5, 5.41) is 15.0. The lowest BCUT2D eigenvalue weighted by molar-refractivity contribution is 0.475. The Labute approximate surface area is 187 Å². The quantitative estimate of drug-likeness (QED) is 0.359. The van der Waals surface area contributed by atoms with Gasteiger partial charge in [0.1, 0.15) is 11.6 Å². The molecule has 0 amide bonds. The SMILES string of the molecule is Oc1c(Cl)cc(Cl)cc1C=Nc1nc(-c2ccccc2)cn1/N=C\c1ccc(F)cc1. The lowest BCUT2D eigenvalue weighted by Gasteiger charge is -2.02. The predicted octanol–water partition coefficient (Wildman–Crippen LogP) is 6.33. The van der Waals surface area contributed by atoms with Crippen LogP contribution in [0.2, 0.25) is 10.0 Å². The van der Waals surface area contributed by atoms with Gasteiger partial charge >= 0.3 is 0 Å². The molecule has 0 aliphatic carbocycles. The van der Waals surface area contributed by atoms with Crippen LogP contribution in [0.25, 0.3) is 11.3 Å². The van der Waals surface area contributed by atoms with Crippen molar-refractivity contribution in [3.8, 4) is 17.0 Å². The second-order valence-electron chi connectivity index (χ2n) is 6.52. The summed E-state index contributed by atoms with van der Waals surface area (Å²) < 4.78 is 14.6. The molecular weight excluding hydrogens is 438 g/mol. The van der Waals surface area contributed by atoms with Gasteiger partial charge in [0.25, 0.3) is 5.95 Å². The molecule has 0 aliphatic heterocycles. The number of aromatic hydroxyl groups is 1. The Hall–Kier alpha value is -3.48. The van der Waals surface area contributed by atoms with Crippen LogP contribution in [0.3, 0.4) is 0 Å². The molecule has 0 aliphatic rings. The molecule has 1 aromatic heterocycles. The third-order valence-electron chi connectivity index (χ3n) is 4.32. The van der Waals surface area contributed by atoms with Crippen molar-refractivity contribution in [2.75, 3.05) is 0 Å². The molecule has 3 aromatic carbocycles. The Kier molecular flexibility index (Phi) is 6.11. The van der Waals surface area contributed by atoms with Crippen molar-refractivity contribution in [3.63, 3.8) is 0 Å². The van der Waals surface area contributed by atoms with Gasteiger partial charge in [-0.1, -0.05) is 65.7 Å². The molecule has 1 heterocycles. The van der Waals surface area contributed by atoms with Crippen LogP contribution in [-0.2, 0) is 0 Å². The number of aromatic nitrogens is 2. The third kappa shape index (κ3) is 4.99. The zero-order chi connectivity index (χ0) is 21.8. The number of halogens is 3. The van der Waals surface area contributed by atoms with Crippen molar-refractivity contribution in [2.45, 2.75) is 0 Å². The fourth-order valence-electron chi connectivity index (χ4n) is 2.77. The van der Waals surface area contributed by atoms with Gasteiger partial charge in [-0.3, -0.25) is 0 Å². The molecule has 0 spiro atoms. The van der Waals surface area contributed by atoms with E-state index < -0.39 is 0 Å². The number of nitrogens with zero attached hydrogens (tertiary/aromatic N) is 4. The minimum atomic E-state index is -0.323. The van der Waals surface area contributed by atoms with Crippen LogP contribution in [0.5, 0.6) is 5.75 Å². The van der Waals surface area contributed by atoms with E-state index in [1.54, 1.807) is 30.6 Å². The summed E-state index contributed by atoms with van der Waals surface area (Å²) in [6.07, 6.45) is 4.71. The van der Waals surface area contributed by atoms with E-state index in [2.05, 4.69) is 15.1 Å². The first kappa shape index (κ1) is 20.8. The van der Waals surface area contributed by atoms with Gasteiger partial charge in [-0.15, -0.1) is 0 Å². The average molecular weight is 453 g/mol. The zero-order valence-corrected chi connectivity index (χ0v) is 17.5. The van der Waals surface area contributed by atoms with Crippen molar-refractivity contribution >= 4 is 41.6 Å². The first-order chi connectivity index (χ1) is 15.0. The molecular formula is C23H15Cl2FN4O. The van der Waals surface area contributed by atoms with Crippen LogP contribution in [0.15, 0.2) is 83.0 Å². The minimum absolute atomic E-state index is 0.122. The lowest BCUT2D eigenvalue weighted by atomic mass is 10.2. The van der Waals surface area contributed by atoms with Crippen molar-refractivity contribution in [3.05, 3.63) is 99.9 Å². The molecule has 8 heteroatoms. The van der Waals surface area contributed by atoms with Crippen molar-refractivity contribution in [1.82, 2.24) is 9.66 Å². The van der Waals surface area contributed by atoms with E-state index >= 15 is 0 Å². The molecule has 154 valence electrons. The van der Waals surface area contributed by atoms with E-state index in [1.807, 2.05) is 30.3 Å². The Balaban J connectivity index is 1.73. The number of benzene rings is 3. The molecule has 0 saturated heterocycles. The Bertz CT molecular complexity index is 1270. The summed E-state index contributed by atoms with van der Waals surface area (Å²) in [5.74, 6) is -0.185. The normalized spacial score (nSPS) is 11.6. The first-order valence-corrected chi connectivity index (χ1v) is 9.92. The van der Waals surface area contributed by atoms with E-state index in [0.717, 1.165) is 5.56 Å². The van der Waals surface area contributed by atoms with E-state index in [1.165, 1.54) is 29.1 Å². The number of phenols is 1. The van der Waals surface area contributed by atoms with Crippen LogP contribution in [0, 0.1) is 5.82 Å². The van der Waals surface area contributed by atoms with Gasteiger partial charge in [0.15, 0.2) is 0 Å². The highest BCUT2D eigenvalue weighted by Gasteiger charge is 2.10. The number of rotatable bonds is 5. The van der Waals surface area contributed by atoms with E-state index in [0.29, 0.717) is 21.8 Å². The summed E-state index contributed by atoms with van der Waals surface area (Å²) >= 11 is 12.0. The standard InChI is InChI=1S/C23H15Cl2FN4O/c24-18-10-17(22(31)20(25)11-18)13-27-23-29-21(16-4-2-1-3-5-16)14-30(23)28-12-15-6-8-19(26)9-7-15/h1-14,31H/b27-13?,28-12-. The largest absolute Gasteiger partial charge is 0.506 e. The van der Waals surface area contributed by atoms with Crippen molar-refractivity contribution < 1.29 is 9.50 Å². The van der Waals surface area contributed by atoms with Gasteiger partial charge in [-0.05, 0) is 29.8 Å². The molecule has 1 N–H and O–H groups in total. The van der Waals surface area contributed by atoms with Crippen LogP contribution >= 0.6 is 23.2 Å². The molecule has 31 heavy (non-hydrogen) atoms. The number of aliphatic imine (C=N–C) groups is 1. The monoisotopic (exact) mass is 452 g/mol. The number of hydrogen-bond donors (Lipinski definition) is 1. The highest BCUT2D eigenvalue weighted by atomic mass is 35.5. The van der Waals surface area contributed by atoms with E-state index in [-0.39, 0.29) is 22.5 Å². The zero-order valence-electron chi connectivity index (χ0n) is 16.0. The fourth-order valence-corrected chi connectivity index (χ4v) is 3.28. The first-order valence-electron chi connectivity index (χ1n) is 9.16. The maximum Gasteiger partial charge on any atom is 0.251 e. The van der Waals surface area contributed by atoms with Crippen LogP contribution in [0.4, 0.5) is 10.3 Å². The maximum atomic E-state index is 13.1. The van der Waals surface area contributed by atoms with E-state index in [4.69, 9.17) is 23.2 Å². The molecule has 4 aromatic rings. The van der Waals surface area contributed by atoms with E-state index in [9.17, 15) is 9.50 Å². The molecule has 0 unspecified atom stereocenters. The number of phenolic OH excluding ortho intramolecular Hbond substituents is 1. The average Bonchev–Trinajstić information content (AvgIpc) is 3.18. The van der Waals surface area contributed by atoms with Crippen LogP contribution in [-0.4, -0.2) is 27.2 Å². The second-order valence-corrected chi connectivity index (χ2v) is 7.36. The molecule has 5 nitrogen and oxygen atoms in total. The molecule has 0 bridgehead atoms. The Morgan fingerprint density at radius 2 is 1.71 bits per heavy atom. The number of imidazole rings is 1. The molecule has 0 saturated carbocycles. The summed E-state index contributed by atoms with van der Waals surface area (Å²) in [4.78, 5) is 8.91. The van der Waals surface area contributed by atoms with Gasteiger partial charge < -0.3 is 5.11 Å². The molecule has 0 radical (unpaired) electrons. The summed E-state index contributed by atoms with van der Waals surface area (Å²) in [6.45, 7) is 0. The third-order valence-corrected chi connectivity index (χ3v) is 4.82. The van der Waals surface area contributed by atoms with Crippen LogP contribution in [0.1, 0.15) is 11.1 Å². The van der Waals surface area contributed by atoms with Gasteiger partial charge in [0, 0.05) is 22.4 Å². The summed E-state index contributed by atoms with van der Waals surface area (Å²) in [6, 6.07) is 18.5. The van der Waals surface area contributed by atoms with Gasteiger partial charge in [0.05, 0.1) is 23.1 Å². The van der Waals surface area contributed by atoms with Crippen molar-refractivity contribution in [2.24, 2.45) is 10.1 Å².